The number of cyclic esters (lactones) is 1. The van der Waals surface area contributed by atoms with Gasteiger partial charge in [-0.15, -0.1) is 0 Å². The van der Waals surface area contributed by atoms with E-state index in [4.69, 9.17) is 14.2 Å². The molecule has 6 heteroatoms. The Morgan fingerprint density at radius 2 is 1.50 bits per heavy atom. The number of hydrogen-bond acceptors (Lipinski definition) is 5. The molecule has 0 aliphatic carbocycles. The van der Waals surface area contributed by atoms with E-state index in [0.717, 1.165) is 0 Å². The number of amides is 1. The van der Waals surface area contributed by atoms with Gasteiger partial charge in [-0.2, -0.15) is 0 Å². The summed E-state index contributed by atoms with van der Waals surface area (Å²) in [5.41, 5.74) is -0.401. The van der Waals surface area contributed by atoms with Crippen LogP contribution in [0.1, 0.15) is 17.2 Å². The van der Waals surface area contributed by atoms with E-state index in [0.29, 0.717) is 22.6 Å². The minimum absolute atomic E-state index is 0.539. The average Bonchev–Trinajstić information content (AvgIpc) is 2.87. The van der Waals surface area contributed by atoms with Crippen molar-refractivity contribution in [3.63, 3.8) is 0 Å². The fourth-order valence-electron chi connectivity index (χ4n) is 2.84. The highest BCUT2D eigenvalue weighted by atomic mass is 16.6. The Bertz CT molecular complexity index is 728. The molecule has 0 spiro atoms. The third-order valence-corrected chi connectivity index (χ3v) is 4.30. The zero-order chi connectivity index (χ0) is 17.3. The molecule has 1 aliphatic heterocycles. The summed E-state index contributed by atoms with van der Waals surface area (Å²) in [7, 11) is 4.65. The molecule has 126 valence electrons. The molecule has 0 bridgehead atoms. The lowest BCUT2D eigenvalue weighted by Gasteiger charge is -2.32. The van der Waals surface area contributed by atoms with Crippen molar-refractivity contribution in [2.45, 2.75) is 11.8 Å². The zero-order valence-corrected chi connectivity index (χ0v) is 13.7. The summed E-state index contributed by atoms with van der Waals surface area (Å²) in [5, 5.41) is 11.3. The Kier molecular flexibility index (Phi) is 4.07. The van der Waals surface area contributed by atoms with Crippen LogP contribution in [0.4, 0.5) is 4.79 Å². The fraction of sp³-hybridized carbons (Fsp3) is 0.278. The van der Waals surface area contributed by atoms with Gasteiger partial charge in [0.1, 0.15) is 11.5 Å². The first-order valence-electron chi connectivity index (χ1n) is 7.46. The first-order chi connectivity index (χ1) is 11.5. The van der Waals surface area contributed by atoms with Gasteiger partial charge in [-0.1, -0.05) is 24.3 Å². The van der Waals surface area contributed by atoms with Crippen molar-refractivity contribution in [2.24, 2.45) is 0 Å². The number of nitrogens with zero attached hydrogens (tertiary/aromatic N) is 1. The van der Waals surface area contributed by atoms with E-state index in [1.54, 1.807) is 62.8 Å². The van der Waals surface area contributed by atoms with E-state index in [9.17, 15) is 9.90 Å². The number of benzene rings is 2. The Balaban J connectivity index is 2.04. The van der Waals surface area contributed by atoms with Crippen LogP contribution in [0.25, 0.3) is 0 Å². The molecule has 2 aromatic rings. The molecule has 1 saturated heterocycles. The lowest BCUT2D eigenvalue weighted by atomic mass is 9.91. The number of hydrogen-bond donors (Lipinski definition) is 1. The first-order valence-corrected chi connectivity index (χ1v) is 7.46. The van der Waals surface area contributed by atoms with E-state index in [-0.39, 0.29) is 0 Å². The highest BCUT2D eigenvalue weighted by Gasteiger charge is 2.54. The van der Waals surface area contributed by atoms with Crippen molar-refractivity contribution in [3.05, 3.63) is 59.7 Å². The second-order valence-corrected chi connectivity index (χ2v) is 5.55. The Morgan fingerprint density at radius 3 is 2.00 bits per heavy atom. The Morgan fingerprint density at radius 1 is 1.00 bits per heavy atom. The van der Waals surface area contributed by atoms with Crippen molar-refractivity contribution < 1.29 is 24.1 Å². The highest BCUT2D eigenvalue weighted by molar-refractivity contribution is 5.72. The van der Waals surface area contributed by atoms with E-state index in [2.05, 4.69) is 0 Å². The molecular weight excluding hydrogens is 310 g/mol. The van der Waals surface area contributed by atoms with E-state index in [1.165, 1.54) is 11.9 Å². The summed E-state index contributed by atoms with van der Waals surface area (Å²) in [4.78, 5) is 13.3. The molecule has 3 rings (SSSR count). The maximum absolute atomic E-state index is 12.1. The summed E-state index contributed by atoms with van der Waals surface area (Å²) in [6, 6.07) is 14.0. The molecule has 0 unspecified atom stereocenters. The van der Waals surface area contributed by atoms with Crippen molar-refractivity contribution in [2.75, 3.05) is 21.3 Å². The normalized spacial score (nSPS) is 23.1. The molecule has 0 radical (unpaired) electrons. The maximum Gasteiger partial charge on any atom is 0.412 e. The van der Waals surface area contributed by atoms with Crippen LogP contribution in [-0.2, 0) is 10.5 Å². The monoisotopic (exact) mass is 329 g/mol. The largest absolute Gasteiger partial charge is 0.497 e. The third-order valence-electron chi connectivity index (χ3n) is 4.30. The van der Waals surface area contributed by atoms with Crippen LogP contribution in [0.2, 0.25) is 0 Å². The van der Waals surface area contributed by atoms with Gasteiger partial charge in [0.25, 0.3) is 0 Å². The van der Waals surface area contributed by atoms with Crippen LogP contribution < -0.4 is 9.47 Å². The van der Waals surface area contributed by atoms with Gasteiger partial charge in [0.05, 0.1) is 14.2 Å². The molecule has 1 N–H and O–H groups in total. The molecule has 6 nitrogen and oxygen atoms in total. The molecule has 0 aromatic heterocycles. The SMILES string of the molecule is COc1ccc([C@@H]2OC(=O)N(C)[C@@]2(O)c2ccc(OC)cc2)cc1. The number of likely N-dealkylation sites (N-methyl/N-ethyl adjacent to an activating group) is 1. The molecular formula is C18H19NO5. The Hall–Kier alpha value is -2.73. The van der Waals surface area contributed by atoms with E-state index in [1.807, 2.05) is 0 Å². The van der Waals surface area contributed by atoms with Crippen LogP contribution in [0.15, 0.2) is 48.5 Å². The lowest BCUT2D eigenvalue weighted by Crippen LogP contribution is -2.43. The standard InChI is InChI=1S/C18H19NO5/c1-19-17(20)24-16(12-4-8-14(22-2)9-5-12)18(19,21)13-6-10-15(23-3)11-7-13/h4-11,16,21H,1-3H3/t16-,18+/m0/s1. The minimum atomic E-state index is -1.61. The van der Waals surface area contributed by atoms with Gasteiger partial charge in [-0.3, -0.25) is 4.90 Å². The molecule has 0 saturated carbocycles. The molecule has 24 heavy (non-hydrogen) atoms. The lowest BCUT2D eigenvalue weighted by molar-refractivity contribution is -0.101. The summed E-state index contributed by atoms with van der Waals surface area (Å²) in [6.07, 6.45) is -1.44. The quantitative estimate of drug-likeness (QED) is 0.934. The van der Waals surface area contributed by atoms with Gasteiger partial charge >= 0.3 is 6.09 Å². The molecule has 1 amide bonds. The predicted octanol–water partition coefficient (Wildman–Crippen LogP) is 2.67. The summed E-state index contributed by atoms with van der Waals surface area (Å²) in [5.74, 6) is 1.35. The van der Waals surface area contributed by atoms with Gasteiger partial charge in [0.2, 0.25) is 5.72 Å². The van der Waals surface area contributed by atoms with Crippen molar-refractivity contribution in [1.29, 1.82) is 0 Å². The van der Waals surface area contributed by atoms with Gasteiger partial charge < -0.3 is 19.3 Å². The van der Waals surface area contributed by atoms with Crippen LogP contribution in [0.5, 0.6) is 11.5 Å². The summed E-state index contributed by atoms with van der Waals surface area (Å²) >= 11 is 0. The number of ether oxygens (including phenoxy) is 3. The van der Waals surface area contributed by atoms with E-state index < -0.39 is 17.9 Å². The van der Waals surface area contributed by atoms with Crippen molar-refractivity contribution in [1.82, 2.24) is 4.90 Å². The van der Waals surface area contributed by atoms with Gasteiger partial charge in [-0.25, -0.2) is 4.79 Å². The van der Waals surface area contributed by atoms with Crippen LogP contribution in [0, 0.1) is 0 Å². The maximum atomic E-state index is 12.1. The van der Waals surface area contributed by atoms with E-state index >= 15 is 0 Å². The number of carbonyl (C=O) groups excluding carboxylic acids is 1. The topological polar surface area (TPSA) is 68.2 Å². The van der Waals surface area contributed by atoms with Gasteiger partial charge in [0, 0.05) is 12.6 Å². The van der Waals surface area contributed by atoms with Crippen molar-refractivity contribution >= 4 is 6.09 Å². The molecule has 2 atom stereocenters. The summed E-state index contributed by atoms with van der Waals surface area (Å²) < 4.78 is 15.7. The third kappa shape index (κ3) is 2.45. The van der Waals surface area contributed by atoms with Gasteiger partial charge in [-0.05, 0) is 29.8 Å². The van der Waals surface area contributed by atoms with Crippen LogP contribution in [-0.4, -0.2) is 37.4 Å². The first kappa shape index (κ1) is 16.1. The highest BCUT2D eigenvalue weighted by Crippen LogP contribution is 2.46. The Labute approximate surface area is 140 Å². The second kappa shape index (κ2) is 6.05. The van der Waals surface area contributed by atoms with Crippen LogP contribution >= 0.6 is 0 Å². The molecule has 1 heterocycles. The average molecular weight is 329 g/mol. The minimum Gasteiger partial charge on any atom is -0.497 e. The number of carbonyl (C=O) groups is 1. The number of rotatable bonds is 4. The van der Waals surface area contributed by atoms with Crippen molar-refractivity contribution in [3.8, 4) is 11.5 Å². The fourth-order valence-corrected chi connectivity index (χ4v) is 2.84. The predicted molar refractivity (Wildman–Crippen MR) is 86.9 cm³/mol. The second-order valence-electron chi connectivity index (χ2n) is 5.55. The van der Waals surface area contributed by atoms with Crippen LogP contribution in [0.3, 0.4) is 0 Å². The smallest absolute Gasteiger partial charge is 0.412 e. The molecule has 2 aromatic carbocycles. The number of methoxy groups -OCH3 is 2. The summed E-state index contributed by atoms with van der Waals surface area (Å²) in [6.45, 7) is 0. The number of aliphatic hydroxyl groups is 1. The molecule has 1 fully saturated rings. The zero-order valence-electron chi connectivity index (χ0n) is 13.7. The molecule has 1 aliphatic rings. The van der Waals surface area contributed by atoms with Gasteiger partial charge in [0.15, 0.2) is 6.10 Å².